The van der Waals surface area contributed by atoms with Crippen LogP contribution in [0.5, 0.6) is 0 Å². The monoisotopic (exact) mass is 172 g/mol. The molecule has 2 heteroatoms. The minimum absolute atomic E-state index is 0.237. The van der Waals surface area contributed by atoms with E-state index in [4.69, 9.17) is 4.74 Å². The van der Waals surface area contributed by atoms with Crippen LogP contribution < -0.4 is 0 Å². The summed E-state index contributed by atoms with van der Waals surface area (Å²) in [5.74, 6) is 0.915. The quantitative estimate of drug-likeness (QED) is 0.663. The van der Waals surface area contributed by atoms with Gasteiger partial charge in [0.2, 0.25) is 0 Å². The van der Waals surface area contributed by atoms with Gasteiger partial charge in [-0.15, -0.1) is 0 Å². The summed E-state index contributed by atoms with van der Waals surface area (Å²) in [5.41, 5.74) is 0. The van der Waals surface area contributed by atoms with Crippen LogP contribution in [0, 0.1) is 5.92 Å². The van der Waals surface area contributed by atoms with Gasteiger partial charge in [0.05, 0.1) is 18.8 Å². The van der Waals surface area contributed by atoms with Crippen LogP contribution in [0.1, 0.15) is 39.5 Å². The van der Waals surface area contributed by atoms with Crippen molar-refractivity contribution in [1.29, 1.82) is 0 Å². The van der Waals surface area contributed by atoms with E-state index in [1.807, 2.05) is 13.8 Å². The van der Waals surface area contributed by atoms with Gasteiger partial charge < -0.3 is 9.84 Å². The fourth-order valence-electron chi connectivity index (χ4n) is 1.22. The first-order valence-corrected chi connectivity index (χ1v) is 4.98. The molecule has 0 radical (unpaired) electrons. The Bertz CT molecular complexity index is 113. The number of ether oxygens (including phenoxy) is 1. The Balaban J connectivity index is 1.91. The van der Waals surface area contributed by atoms with Crippen molar-refractivity contribution in [2.75, 3.05) is 6.61 Å². The van der Waals surface area contributed by atoms with Crippen molar-refractivity contribution in [3.8, 4) is 0 Å². The molecule has 0 heterocycles. The number of hydrogen-bond acceptors (Lipinski definition) is 2. The molecule has 1 saturated carbocycles. The zero-order chi connectivity index (χ0) is 8.97. The summed E-state index contributed by atoms with van der Waals surface area (Å²) in [5, 5.41) is 9.45. The Hall–Kier alpha value is -0.0800. The Labute approximate surface area is 74.9 Å². The Morgan fingerprint density at radius 1 is 1.42 bits per heavy atom. The zero-order valence-electron chi connectivity index (χ0n) is 8.12. The number of aliphatic hydroxyl groups excluding tert-OH is 1. The van der Waals surface area contributed by atoms with E-state index in [1.54, 1.807) is 0 Å². The summed E-state index contributed by atoms with van der Waals surface area (Å²) in [7, 11) is 0. The zero-order valence-corrected chi connectivity index (χ0v) is 8.12. The molecule has 0 aromatic rings. The van der Waals surface area contributed by atoms with Crippen molar-refractivity contribution in [2.45, 2.75) is 51.7 Å². The molecule has 1 aliphatic carbocycles. The summed E-state index contributed by atoms with van der Waals surface area (Å²) in [6.45, 7) is 4.49. The number of aliphatic hydroxyl groups is 1. The van der Waals surface area contributed by atoms with Gasteiger partial charge in [-0.3, -0.25) is 0 Å². The molecule has 1 atom stereocenters. The minimum atomic E-state index is -0.243. The molecule has 2 nitrogen and oxygen atoms in total. The highest BCUT2D eigenvalue weighted by Gasteiger charge is 2.21. The predicted octanol–water partition coefficient (Wildman–Crippen LogP) is 1.96. The SMILES string of the molecule is CC(C)OCC(O)CCC1CC1. The van der Waals surface area contributed by atoms with Crippen LogP contribution >= 0.6 is 0 Å². The van der Waals surface area contributed by atoms with Crippen LogP contribution in [-0.4, -0.2) is 23.9 Å². The van der Waals surface area contributed by atoms with Gasteiger partial charge in [0.1, 0.15) is 0 Å². The molecule has 1 fully saturated rings. The highest BCUT2D eigenvalue weighted by atomic mass is 16.5. The molecule has 0 aliphatic heterocycles. The van der Waals surface area contributed by atoms with Crippen molar-refractivity contribution in [2.24, 2.45) is 5.92 Å². The Morgan fingerprint density at radius 3 is 2.58 bits per heavy atom. The van der Waals surface area contributed by atoms with E-state index in [9.17, 15) is 5.11 Å². The van der Waals surface area contributed by atoms with E-state index in [-0.39, 0.29) is 12.2 Å². The average Bonchev–Trinajstić information content (AvgIpc) is 2.80. The molecular formula is C10H20O2. The molecule has 12 heavy (non-hydrogen) atoms. The normalized spacial score (nSPS) is 20.0. The van der Waals surface area contributed by atoms with Crippen LogP contribution in [0.15, 0.2) is 0 Å². The van der Waals surface area contributed by atoms with E-state index in [0.29, 0.717) is 6.61 Å². The first kappa shape index (κ1) is 10.0. The van der Waals surface area contributed by atoms with E-state index < -0.39 is 0 Å². The van der Waals surface area contributed by atoms with E-state index in [0.717, 1.165) is 12.3 Å². The smallest absolute Gasteiger partial charge is 0.0773 e. The molecular weight excluding hydrogens is 152 g/mol. The number of hydrogen-bond donors (Lipinski definition) is 1. The summed E-state index contributed by atoms with van der Waals surface area (Å²) < 4.78 is 5.31. The molecule has 72 valence electrons. The minimum Gasteiger partial charge on any atom is -0.391 e. The summed E-state index contributed by atoms with van der Waals surface area (Å²) in [6, 6.07) is 0. The van der Waals surface area contributed by atoms with Crippen molar-refractivity contribution in [1.82, 2.24) is 0 Å². The molecule has 1 unspecified atom stereocenters. The maximum Gasteiger partial charge on any atom is 0.0773 e. The third-order valence-electron chi connectivity index (χ3n) is 2.23. The molecule has 0 amide bonds. The fraction of sp³-hybridized carbons (Fsp3) is 1.00. The van der Waals surface area contributed by atoms with E-state index in [1.165, 1.54) is 19.3 Å². The van der Waals surface area contributed by atoms with Gasteiger partial charge in [0, 0.05) is 0 Å². The van der Waals surface area contributed by atoms with Gasteiger partial charge in [0.25, 0.3) is 0 Å². The topological polar surface area (TPSA) is 29.5 Å². The van der Waals surface area contributed by atoms with E-state index >= 15 is 0 Å². The van der Waals surface area contributed by atoms with Crippen LogP contribution in [0.25, 0.3) is 0 Å². The summed E-state index contributed by atoms with van der Waals surface area (Å²) in [6.07, 6.45) is 4.84. The molecule has 0 aromatic carbocycles. The first-order valence-electron chi connectivity index (χ1n) is 4.98. The second-order valence-electron chi connectivity index (χ2n) is 4.06. The second-order valence-corrected chi connectivity index (χ2v) is 4.06. The molecule has 0 spiro atoms. The lowest BCUT2D eigenvalue weighted by atomic mass is 10.1. The Morgan fingerprint density at radius 2 is 2.08 bits per heavy atom. The van der Waals surface area contributed by atoms with E-state index in [2.05, 4.69) is 0 Å². The molecule has 1 rings (SSSR count). The average molecular weight is 172 g/mol. The summed E-state index contributed by atoms with van der Waals surface area (Å²) >= 11 is 0. The van der Waals surface area contributed by atoms with Crippen molar-refractivity contribution in [3.05, 3.63) is 0 Å². The van der Waals surface area contributed by atoms with Gasteiger partial charge in [-0.2, -0.15) is 0 Å². The molecule has 1 aliphatic rings. The molecule has 1 N–H and O–H groups in total. The van der Waals surface area contributed by atoms with Gasteiger partial charge in [-0.05, 0) is 32.6 Å². The van der Waals surface area contributed by atoms with Gasteiger partial charge >= 0.3 is 0 Å². The lowest BCUT2D eigenvalue weighted by Gasteiger charge is -2.12. The highest BCUT2D eigenvalue weighted by molar-refractivity contribution is 4.74. The lowest BCUT2D eigenvalue weighted by Crippen LogP contribution is -2.18. The second kappa shape index (κ2) is 4.83. The highest BCUT2D eigenvalue weighted by Crippen LogP contribution is 2.33. The van der Waals surface area contributed by atoms with Crippen LogP contribution in [0.2, 0.25) is 0 Å². The number of rotatable bonds is 6. The fourth-order valence-corrected chi connectivity index (χ4v) is 1.22. The standard InChI is InChI=1S/C10H20O2/c1-8(2)12-7-10(11)6-5-9-3-4-9/h8-11H,3-7H2,1-2H3. The third-order valence-corrected chi connectivity index (χ3v) is 2.23. The van der Waals surface area contributed by atoms with Crippen LogP contribution in [0.3, 0.4) is 0 Å². The van der Waals surface area contributed by atoms with Crippen molar-refractivity contribution in [3.63, 3.8) is 0 Å². The largest absolute Gasteiger partial charge is 0.391 e. The predicted molar refractivity (Wildman–Crippen MR) is 49.1 cm³/mol. The van der Waals surface area contributed by atoms with Gasteiger partial charge in [-0.25, -0.2) is 0 Å². The van der Waals surface area contributed by atoms with Crippen LogP contribution in [-0.2, 0) is 4.74 Å². The maximum absolute atomic E-state index is 9.45. The van der Waals surface area contributed by atoms with Crippen molar-refractivity contribution < 1.29 is 9.84 Å². The van der Waals surface area contributed by atoms with Crippen molar-refractivity contribution >= 4 is 0 Å². The summed E-state index contributed by atoms with van der Waals surface area (Å²) in [4.78, 5) is 0. The third kappa shape index (κ3) is 4.73. The first-order chi connectivity index (χ1) is 5.68. The maximum atomic E-state index is 9.45. The molecule has 0 aromatic heterocycles. The Kier molecular flexibility index (Phi) is 4.02. The van der Waals surface area contributed by atoms with Gasteiger partial charge in [0.15, 0.2) is 0 Å². The lowest BCUT2D eigenvalue weighted by molar-refractivity contribution is 0.00148. The molecule has 0 saturated heterocycles. The molecule has 0 bridgehead atoms. The van der Waals surface area contributed by atoms with Crippen LogP contribution in [0.4, 0.5) is 0 Å². The van der Waals surface area contributed by atoms with Gasteiger partial charge in [-0.1, -0.05) is 12.8 Å².